The normalized spacial score (nSPS) is 11.6. The van der Waals surface area contributed by atoms with Crippen molar-refractivity contribution in [3.8, 4) is 11.3 Å². The van der Waals surface area contributed by atoms with Gasteiger partial charge in [-0.25, -0.2) is 0 Å². The summed E-state index contributed by atoms with van der Waals surface area (Å²) in [5.74, 6) is -0.253. The molecule has 0 aliphatic rings. The van der Waals surface area contributed by atoms with E-state index in [4.69, 9.17) is 4.52 Å². The number of benzene rings is 1. The van der Waals surface area contributed by atoms with Crippen LogP contribution in [0.2, 0.25) is 0 Å². The maximum atomic E-state index is 11.4. The summed E-state index contributed by atoms with van der Waals surface area (Å²) >= 11 is 0. The molecule has 0 atom stereocenters. The maximum absolute atomic E-state index is 11.4. The fraction of sp³-hybridized carbons (Fsp3) is 0.182. The zero-order valence-electron chi connectivity index (χ0n) is 9.16. The van der Waals surface area contributed by atoms with Gasteiger partial charge in [-0.2, -0.15) is 8.42 Å². The first kappa shape index (κ1) is 11.8. The van der Waals surface area contributed by atoms with Gasteiger partial charge in [0.05, 0.1) is 7.11 Å². The van der Waals surface area contributed by atoms with Crippen molar-refractivity contribution in [2.45, 2.75) is 5.75 Å². The Bertz CT molecular complexity index is 589. The Hall–Kier alpha value is -1.66. The van der Waals surface area contributed by atoms with Gasteiger partial charge in [0.25, 0.3) is 10.1 Å². The standard InChI is InChI=1S/C11H11NO4S/c1-15-17(13,14)8-10-7-16-12-11(10)9-5-3-2-4-6-9/h2-7H,8H2,1H3. The van der Waals surface area contributed by atoms with E-state index in [1.807, 2.05) is 30.3 Å². The topological polar surface area (TPSA) is 69.4 Å². The van der Waals surface area contributed by atoms with Crippen LogP contribution in [0.25, 0.3) is 11.3 Å². The molecule has 1 aromatic heterocycles. The van der Waals surface area contributed by atoms with Crippen molar-refractivity contribution < 1.29 is 17.1 Å². The lowest BCUT2D eigenvalue weighted by atomic mass is 10.1. The van der Waals surface area contributed by atoms with Crippen LogP contribution in [0.1, 0.15) is 5.56 Å². The van der Waals surface area contributed by atoms with Crippen LogP contribution in [0.3, 0.4) is 0 Å². The lowest BCUT2D eigenvalue weighted by Gasteiger charge is -2.01. The molecule has 1 aromatic carbocycles. The fourth-order valence-electron chi connectivity index (χ4n) is 1.44. The largest absolute Gasteiger partial charge is 0.364 e. The minimum atomic E-state index is -3.57. The van der Waals surface area contributed by atoms with E-state index in [9.17, 15) is 8.42 Å². The van der Waals surface area contributed by atoms with E-state index in [0.29, 0.717) is 11.3 Å². The number of hydrogen-bond acceptors (Lipinski definition) is 5. The van der Waals surface area contributed by atoms with E-state index in [2.05, 4.69) is 9.34 Å². The highest BCUT2D eigenvalue weighted by Gasteiger charge is 2.17. The maximum Gasteiger partial charge on any atom is 0.271 e. The molecule has 2 rings (SSSR count). The van der Waals surface area contributed by atoms with E-state index in [1.54, 1.807) is 0 Å². The van der Waals surface area contributed by atoms with Crippen LogP contribution in [-0.2, 0) is 20.1 Å². The van der Waals surface area contributed by atoms with Gasteiger partial charge >= 0.3 is 0 Å². The second kappa shape index (κ2) is 4.68. The van der Waals surface area contributed by atoms with E-state index < -0.39 is 10.1 Å². The van der Waals surface area contributed by atoms with Gasteiger partial charge in [0.2, 0.25) is 0 Å². The molecule has 0 radical (unpaired) electrons. The Morgan fingerprint density at radius 1 is 1.29 bits per heavy atom. The van der Waals surface area contributed by atoms with Crippen LogP contribution in [0.15, 0.2) is 41.1 Å². The molecule has 0 aliphatic carbocycles. The van der Waals surface area contributed by atoms with Crippen molar-refractivity contribution in [2.75, 3.05) is 7.11 Å². The summed E-state index contributed by atoms with van der Waals surface area (Å²) in [4.78, 5) is 0. The van der Waals surface area contributed by atoms with E-state index in [0.717, 1.165) is 12.7 Å². The molecule has 5 nitrogen and oxygen atoms in total. The molecule has 2 aromatic rings. The molecule has 17 heavy (non-hydrogen) atoms. The van der Waals surface area contributed by atoms with Gasteiger partial charge in [-0.05, 0) is 0 Å². The van der Waals surface area contributed by atoms with Crippen LogP contribution in [0.5, 0.6) is 0 Å². The van der Waals surface area contributed by atoms with E-state index >= 15 is 0 Å². The molecular weight excluding hydrogens is 242 g/mol. The number of hydrogen-bond donors (Lipinski definition) is 0. The first-order valence-corrected chi connectivity index (χ1v) is 6.47. The van der Waals surface area contributed by atoms with Crippen molar-refractivity contribution in [3.05, 3.63) is 42.2 Å². The monoisotopic (exact) mass is 253 g/mol. The Morgan fingerprint density at radius 2 is 2.00 bits per heavy atom. The van der Waals surface area contributed by atoms with Gasteiger partial charge in [-0.15, -0.1) is 0 Å². The van der Waals surface area contributed by atoms with Crippen molar-refractivity contribution in [3.63, 3.8) is 0 Å². The smallest absolute Gasteiger partial charge is 0.271 e. The highest BCUT2D eigenvalue weighted by atomic mass is 32.2. The second-order valence-electron chi connectivity index (χ2n) is 3.42. The third-order valence-corrected chi connectivity index (χ3v) is 3.45. The highest BCUT2D eigenvalue weighted by molar-refractivity contribution is 7.85. The lowest BCUT2D eigenvalue weighted by Crippen LogP contribution is -2.05. The Morgan fingerprint density at radius 3 is 2.65 bits per heavy atom. The van der Waals surface area contributed by atoms with Crippen molar-refractivity contribution in [1.82, 2.24) is 5.16 Å². The zero-order chi connectivity index (χ0) is 12.3. The third-order valence-electron chi connectivity index (χ3n) is 2.28. The Balaban J connectivity index is 2.36. The molecule has 0 bridgehead atoms. The van der Waals surface area contributed by atoms with Crippen LogP contribution >= 0.6 is 0 Å². The van der Waals surface area contributed by atoms with Crippen molar-refractivity contribution in [1.29, 1.82) is 0 Å². The summed E-state index contributed by atoms with van der Waals surface area (Å²) in [5.41, 5.74) is 1.81. The molecule has 0 spiro atoms. The molecule has 0 aliphatic heterocycles. The van der Waals surface area contributed by atoms with E-state index in [-0.39, 0.29) is 5.75 Å². The molecule has 1 heterocycles. The van der Waals surface area contributed by atoms with Gasteiger partial charge in [0, 0.05) is 11.1 Å². The summed E-state index contributed by atoms with van der Waals surface area (Å²) in [6, 6.07) is 9.23. The predicted octanol–water partition coefficient (Wildman–Crippen LogP) is 1.82. The predicted molar refractivity (Wildman–Crippen MR) is 61.6 cm³/mol. The number of nitrogens with zero attached hydrogens (tertiary/aromatic N) is 1. The van der Waals surface area contributed by atoms with Crippen molar-refractivity contribution in [2.24, 2.45) is 0 Å². The molecule has 0 saturated carbocycles. The summed E-state index contributed by atoms with van der Waals surface area (Å²) in [6.07, 6.45) is 1.32. The molecule has 0 N–H and O–H groups in total. The van der Waals surface area contributed by atoms with Crippen LogP contribution < -0.4 is 0 Å². The first-order valence-electron chi connectivity index (χ1n) is 4.89. The Labute approximate surface area is 99.1 Å². The fourth-order valence-corrected chi connectivity index (χ4v) is 2.15. The van der Waals surface area contributed by atoms with Crippen molar-refractivity contribution >= 4 is 10.1 Å². The van der Waals surface area contributed by atoms with Gasteiger partial charge in [0.15, 0.2) is 0 Å². The summed E-state index contributed by atoms with van der Waals surface area (Å²) in [6.45, 7) is 0. The average molecular weight is 253 g/mol. The number of rotatable bonds is 4. The lowest BCUT2D eigenvalue weighted by molar-refractivity contribution is 0.396. The van der Waals surface area contributed by atoms with Gasteiger partial charge < -0.3 is 4.52 Å². The first-order chi connectivity index (χ1) is 8.12. The number of aromatic nitrogens is 1. The Kier molecular flexibility index (Phi) is 3.26. The second-order valence-corrected chi connectivity index (χ2v) is 5.16. The van der Waals surface area contributed by atoms with Gasteiger partial charge in [0.1, 0.15) is 17.7 Å². The summed E-state index contributed by atoms with van der Waals surface area (Å²) < 4.78 is 31.9. The van der Waals surface area contributed by atoms with Gasteiger partial charge in [-0.1, -0.05) is 35.5 Å². The molecule has 0 amide bonds. The summed E-state index contributed by atoms with van der Waals surface area (Å²) in [5, 5.41) is 3.81. The molecule has 0 saturated heterocycles. The minimum absolute atomic E-state index is 0.253. The summed E-state index contributed by atoms with van der Waals surface area (Å²) in [7, 11) is -2.44. The average Bonchev–Trinajstić information content (AvgIpc) is 2.77. The molecule has 90 valence electrons. The molecule has 0 unspecified atom stereocenters. The van der Waals surface area contributed by atoms with Crippen LogP contribution in [-0.4, -0.2) is 20.7 Å². The highest BCUT2D eigenvalue weighted by Crippen LogP contribution is 2.23. The SMILES string of the molecule is COS(=O)(=O)Cc1conc1-c1ccccc1. The third kappa shape index (κ3) is 2.72. The van der Waals surface area contributed by atoms with Crippen LogP contribution in [0, 0.1) is 0 Å². The van der Waals surface area contributed by atoms with Gasteiger partial charge in [-0.3, -0.25) is 4.18 Å². The minimum Gasteiger partial charge on any atom is -0.364 e. The van der Waals surface area contributed by atoms with E-state index in [1.165, 1.54) is 6.26 Å². The molecule has 6 heteroatoms. The van der Waals surface area contributed by atoms with Crippen LogP contribution in [0.4, 0.5) is 0 Å². The zero-order valence-corrected chi connectivity index (χ0v) is 9.98. The quantitative estimate of drug-likeness (QED) is 0.777. The molecular formula is C11H11NO4S. The molecule has 0 fully saturated rings.